The van der Waals surface area contributed by atoms with E-state index in [2.05, 4.69) is 4.98 Å². The van der Waals surface area contributed by atoms with Crippen molar-refractivity contribution >= 4 is 29.3 Å². The highest BCUT2D eigenvalue weighted by Gasteiger charge is 2.21. The quantitative estimate of drug-likeness (QED) is 0.893. The van der Waals surface area contributed by atoms with Crippen molar-refractivity contribution in [2.24, 2.45) is 0 Å². The minimum absolute atomic E-state index is 0. The number of carboxylic acid groups (broad SMARTS) is 1. The van der Waals surface area contributed by atoms with Gasteiger partial charge < -0.3 is 10.1 Å². The van der Waals surface area contributed by atoms with Gasteiger partial charge in [-0.1, -0.05) is 18.2 Å². The number of hydrogen-bond donors (Lipinski definition) is 2. The van der Waals surface area contributed by atoms with Crippen molar-refractivity contribution < 1.29 is 9.90 Å². The third-order valence-corrected chi connectivity index (χ3v) is 3.00. The molecule has 0 saturated carbocycles. The molecule has 0 bridgehead atoms. The van der Waals surface area contributed by atoms with Crippen LogP contribution in [0, 0.1) is 0 Å². The van der Waals surface area contributed by atoms with Crippen LogP contribution in [0.25, 0.3) is 10.9 Å². The maximum absolute atomic E-state index is 11.2. The van der Waals surface area contributed by atoms with Crippen LogP contribution in [0.5, 0.6) is 0 Å². The Morgan fingerprint density at radius 3 is 2.67 bits per heavy atom. The average molecular weight is 269 g/mol. The fourth-order valence-electron chi connectivity index (χ4n) is 2.00. The first-order chi connectivity index (χ1) is 8.09. The third kappa shape index (κ3) is 2.83. The predicted molar refractivity (Wildman–Crippen MR) is 74.4 cm³/mol. The number of halogens is 1. The highest BCUT2D eigenvalue weighted by Crippen LogP contribution is 2.19. The molecule has 0 fully saturated rings. The molecule has 0 aliphatic rings. The van der Waals surface area contributed by atoms with E-state index in [1.807, 2.05) is 30.5 Å². The number of benzene rings is 1. The van der Waals surface area contributed by atoms with Crippen molar-refractivity contribution in [1.29, 1.82) is 0 Å². The number of aromatic amines is 1. The molecular formula is C13H17ClN2O2. The number of carboxylic acids is 1. The summed E-state index contributed by atoms with van der Waals surface area (Å²) in [5.41, 5.74) is 2.09. The third-order valence-electron chi connectivity index (χ3n) is 3.00. The summed E-state index contributed by atoms with van der Waals surface area (Å²) in [6.45, 7) is 0. The summed E-state index contributed by atoms with van der Waals surface area (Å²) in [5, 5.41) is 10.3. The molecule has 2 aromatic rings. The van der Waals surface area contributed by atoms with Crippen molar-refractivity contribution in [1.82, 2.24) is 9.88 Å². The van der Waals surface area contributed by atoms with Crippen LogP contribution >= 0.6 is 12.4 Å². The molecule has 5 heteroatoms. The maximum Gasteiger partial charge on any atom is 0.321 e. The molecule has 18 heavy (non-hydrogen) atoms. The van der Waals surface area contributed by atoms with Gasteiger partial charge in [-0.05, 0) is 25.7 Å². The number of para-hydroxylation sites is 1. The highest BCUT2D eigenvalue weighted by atomic mass is 35.5. The van der Waals surface area contributed by atoms with E-state index in [4.69, 9.17) is 5.11 Å². The number of aliphatic carboxylic acids is 1. The summed E-state index contributed by atoms with van der Waals surface area (Å²) in [6.07, 6.45) is 2.40. The number of likely N-dealkylation sites (N-methyl/N-ethyl adjacent to an activating group) is 1. The lowest BCUT2D eigenvalue weighted by Crippen LogP contribution is -2.37. The van der Waals surface area contributed by atoms with Gasteiger partial charge in [-0.15, -0.1) is 12.4 Å². The summed E-state index contributed by atoms with van der Waals surface area (Å²) in [6, 6.07) is 7.43. The van der Waals surface area contributed by atoms with E-state index >= 15 is 0 Å². The molecule has 1 atom stereocenters. The number of fused-ring (bicyclic) bond motifs is 1. The van der Waals surface area contributed by atoms with Crippen molar-refractivity contribution in [2.45, 2.75) is 12.5 Å². The van der Waals surface area contributed by atoms with Crippen LogP contribution in [0.15, 0.2) is 30.5 Å². The Hall–Kier alpha value is -1.52. The van der Waals surface area contributed by atoms with E-state index in [1.54, 1.807) is 19.0 Å². The molecule has 0 aliphatic heterocycles. The largest absolute Gasteiger partial charge is 0.480 e. The van der Waals surface area contributed by atoms with Gasteiger partial charge in [0.15, 0.2) is 0 Å². The van der Waals surface area contributed by atoms with Crippen LogP contribution in [0.2, 0.25) is 0 Å². The minimum Gasteiger partial charge on any atom is -0.480 e. The summed E-state index contributed by atoms with van der Waals surface area (Å²) in [7, 11) is 3.57. The number of hydrogen-bond acceptors (Lipinski definition) is 2. The zero-order chi connectivity index (χ0) is 12.4. The molecule has 1 aromatic heterocycles. The number of aromatic nitrogens is 1. The fourth-order valence-corrected chi connectivity index (χ4v) is 2.00. The van der Waals surface area contributed by atoms with Gasteiger partial charge in [0, 0.05) is 23.5 Å². The normalized spacial score (nSPS) is 12.4. The van der Waals surface area contributed by atoms with Gasteiger partial charge in [-0.25, -0.2) is 0 Å². The van der Waals surface area contributed by atoms with Crippen LogP contribution in [-0.4, -0.2) is 41.1 Å². The molecule has 98 valence electrons. The first kappa shape index (κ1) is 14.5. The molecule has 1 heterocycles. The molecule has 0 unspecified atom stereocenters. The van der Waals surface area contributed by atoms with Gasteiger partial charge >= 0.3 is 5.97 Å². The van der Waals surface area contributed by atoms with E-state index < -0.39 is 12.0 Å². The Bertz CT molecular complexity index is 537. The summed E-state index contributed by atoms with van der Waals surface area (Å²) in [4.78, 5) is 16.0. The Balaban J connectivity index is 0.00000162. The molecule has 0 aliphatic carbocycles. The molecule has 2 rings (SSSR count). The molecule has 0 spiro atoms. The first-order valence-corrected chi connectivity index (χ1v) is 5.54. The predicted octanol–water partition coefficient (Wildman–Crippen LogP) is 2.15. The molecule has 4 nitrogen and oxygen atoms in total. The van der Waals surface area contributed by atoms with Gasteiger partial charge in [-0.3, -0.25) is 9.69 Å². The van der Waals surface area contributed by atoms with Gasteiger partial charge in [0.05, 0.1) is 0 Å². The monoisotopic (exact) mass is 268 g/mol. The lowest BCUT2D eigenvalue weighted by molar-refractivity contribution is -0.142. The van der Waals surface area contributed by atoms with Crippen LogP contribution in [-0.2, 0) is 11.2 Å². The number of carbonyl (C=O) groups is 1. The molecule has 0 saturated heterocycles. The summed E-state index contributed by atoms with van der Waals surface area (Å²) in [5.74, 6) is -0.791. The molecular weight excluding hydrogens is 252 g/mol. The zero-order valence-electron chi connectivity index (χ0n) is 10.4. The highest BCUT2D eigenvalue weighted by molar-refractivity contribution is 5.85. The second-order valence-electron chi connectivity index (χ2n) is 4.38. The summed E-state index contributed by atoms with van der Waals surface area (Å²) >= 11 is 0. The van der Waals surface area contributed by atoms with E-state index in [-0.39, 0.29) is 12.4 Å². The topological polar surface area (TPSA) is 56.3 Å². The van der Waals surface area contributed by atoms with Crippen LogP contribution in [0.4, 0.5) is 0 Å². The Morgan fingerprint density at radius 2 is 2.06 bits per heavy atom. The molecule has 1 aromatic carbocycles. The first-order valence-electron chi connectivity index (χ1n) is 5.54. The number of rotatable bonds is 4. The molecule has 0 amide bonds. The standard InChI is InChI=1S/C13H16N2O2.ClH/c1-15(2)12(13(16)17)7-9-8-14-11-6-4-3-5-10(9)11;/h3-6,8,12,14H,7H2,1-2H3,(H,16,17);1H/t12-;/m0./s1. The minimum atomic E-state index is -0.791. The number of H-pyrrole nitrogens is 1. The average Bonchev–Trinajstić information content (AvgIpc) is 2.68. The van der Waals surface area contributed by atoms with Crippen molar-refractivity contribution in [2.75, 3.05) is 14.1 Å². The maximum atomic E-state index is 11.2. The number of nitrogens with zero attached hydrogens (tertiary/aromatic N) is 1. The lowest BCUT2D eigenvalue weighted by atomic mass is 10.0. The van der Waals surface area contributed by atoms with Gasteiger partial charge in [0.25, 0.3) is 0 Å². The molecule has 2 N–H and O–H groups in total. The Morgan fingerprint density at radius 1 is 1.39 bits per heavy atom. The van der Waals surface area contributed by atoms with E-state index in [0.29, 0.717) is 6.42 Å². The second-order valence-corrected chi connectivity index (χ2v) is 4.38. The van der Waals surface area contributed by atoms with Crippen LogP contribution in [0.3, 0.4) is 0 Å². The van der Waals surface area contributed by atoms with Crippen molar-refractivity contribution in [3.63, 3.8) is 0 Å². The fraction of sp³-hybridized carbons (Fsp3) is 0.308. The van der Waals surface area contributed by atoms with Gasteiger partial charge in [0.1, 0.15) is 6.04 Å². The SMILES string of the molecule is CN(C)[C@@H](Cc1c[nH]c2ccccc12)C(=O)O.Cl. The van der Waals surface area contributed by atoms with Crippen LogP contribution < -0.4 is 0 Å². The smallest absolute Gasteiger partial charge is 0.321 e. The Kier molecular flexibility index (Phi) is 4.76. The van der Waals surface area contributed by atoms with Crippen LogP contribution in [0.1, 0.15) is 5.56 Å². The number of nitrogens with one attached hydrogen (secondary N) is 1. The Labute approximate surface area is 112 Å². The van der Waals surface area contributed by atoms with E-state index in [1.165, 1.54) is 0 Å². The lowest BCUT2D eigenvalue weighted by Gasteiger charge is -2.19. The van der Waals surface area contributed by atoms with Crippen molar-refractivity contribution in [3.8, 4) is 0 Å². The summed E-state index contributed by atoms with van der Waals surface area (Å²) < 4.78 is 0. The zero-order valence-corrected chi connectivity index (χ0v) is 11.2. The molecule has 0 radical (unpaired) electrons. The van der Waals surface area contributed by atoms with Crippen molar-refractivity contribution in [3.05, 3.63) is 36.0 Å². The van der Waals surface area contributed by atoms with E-state index in [0.717, 1.165) is 16.5 Å². The second kappa shape index (κ2) is 5.89. The van der Waals surface area contributed by atoms with E-state index in [9.17, 15) is 4.79 Å². The van der Waals surface area contributed by atoms with Gasteiger partial charge in [0.2, 0.25) is 0 Å². The van der Waals surface area contributed by atoms with Gasteiger partial charge in [-0.2, -0.15) is 0 Å².